The first-order valence-corrected chi connectivity index (χ1v) is 2.98. The van der Waals surface area contributed by atoms with Crippen LogP contribution < -0.4 is 11.3 Å². The van der Waals surface area contributed by atoms with Crippen molar-refractivity contribution in [3.8, 4) is 0 Å². The third-order valence-corrected chi connectivity index (χ3v) is 1.37. The molecule has 3 heteroatoms. The van der Waals surface area contributed by atoms with Crippen molar-refractivity contribution in [2.24, 2.45) is 5.84 Å². The zero-order chi connectivity index (χ0) is 5.82. The summed E-state index contributed by atoms with van der Waals surface area (Å²) >= 11 is 0. The van der Waals surface area contributed by atoms with E-state index in [1.807, 2.05) is 0 Å². The van der Waals surface area contributed by atoms with Crippen LogP contribution in [0.15, 0.2) is 0 Å². The number of rotatable bonds is 2. The van der Waals surface area contributed by atoms with Crippen LogP contribution in [0.2, 0.25) is 0 Å². The van der Waals surface area contributed by atoms with Crippen molar-refractivity contribution in [2.75, 3.05) is 13.2 Å². The second-order valence-corrected chi connectivity index (χ2v) is 2.04. The van der Waals surface area contributed by atoms with E-state index in [0.29, 0.717) is 6.10 Å². The van der Waals surface area contributed by atoms with E-state index in [1.165, 1.54) is 6.42 Å². The molecular formula is C5H12N2O. The minimum atomic E-state index is 0.375. The van der Waals surface area contributed by atoms with Gasteiger partial charge >= 0.3 is 0 Å². The first-order chi connectivity index (χ1) is 3.93. The first-order valence-electron chi connectivity index (χ1n) is 2.98. The van der Waals surface area contributed by atoms with Crippen LogP contribution in [0.5, 0.6) is 0 Å². The molecule has 3 nitrogen and oxygen atoms in total. The predicted octanol–water partition coefficient (Wildman–Crippen LogP) is -0.371. The highest BCUT2D eigenvalue weighted by Gasteiger charge is 2.13. The Labute approximate surface area is 49.2 Å². The lowest BCUT2D eigenvalue weighted by molar-refractivity contribution is 0.110. The number of hydrogen-bond donors (Lipinski definition) is 2. The van der Waals surface area contributed by atoms with E-state index in [2.05, 4.69) is 5.43 Å². The van der Waals surface area contributed by atoms with Crippen LogP contribution in [0, 0.1) is 0 Å². The van der Waals surface area contributed by atoms with Crippen LogP contribution in [0.1, 0.15) is 12.8 Å². The summed E-state index contributed by atoms with van der Waals surface area (Å²) in [5.74, 6) is 5.08. The van der Waals surface area contributed by atoms with Gasteiger partial charge in [0.05, 0.1) is 6.10 Å². The molecule has 8 heavy (non-hydrogen) atoms. The van der Waals surface area contributed by atoms with Crippen LogP contribution in [-0.2, 0) is 4.74 Å². The molecule has 1 rings (SSSR count). The zero-order valence-corrected chi connectivity index (χ0v) is 4.89. The predicted molar refractivity (Wildman–Crippen MR) is 31.2 cm³/mol. The Morgan fingerprint density at radius 2 is 2.62 bits per heavy atom. The van der Waals surface area contributed by atoms with Crippen molar-refractivity contribution >= 4 is 0 Å². The minimum absolute atomic E-state index is 0.375. The highest BCUT2D eigenvalue weighted by Crippen LogP contribution is 2.09. The van der Waals surface area contributed by atoms with E-state index in [1.54, 1.807) is 0 Å². The van der Waals surface area contributed by atoms with E-state index in [4.69, 9.17) is 10.6 Å². The van der Waals surface area contributed by atoms with Gasteiger partial charge in [-0.3, -0.25) is 11.3 Å². The summed E-state index contributed by atoms with van der Waals surface area (Å²) < 4.78 is 5.25. The van der Waals surface area contributed by atoms with E-state index < -0.39 is 0 Å². The molecule has 1 fully saturated rings. The molecule has 1 aliphatic heterocycles. The maximum atomic E-state index is 5.25. The highest BCUT2D eigenvalue weighted by atomic mass is 16.5. The fourth-order valence-electron chi connectivity index (χ4n) is 0.937. The van der Waals surface area contributed by atoms with Crippen molar-refractivity contribution < 1.29 is 4.74 Å². The van der Waals surface area contributed by atoms with Gasteiger partial charge in [0.1, 0.15) is 0 Å². The lowest BCUT2D eigenvalue weighted by Crippen LogP contribution is -2.31. The number of nitrogens with two attached hydrogens (primary N) is 1. The van der Waals surface area contributed by atoms with Crippen molar-refractivity contribution in [3.63, 3.8) is 0 Å². The molecule has 0 radical (unpaired) electrons. The molecule has 1 heterocycles. The molecule has 1 saturated heterocycles. The summed E-state index contributed by atoms with van der Waals surface area (Å²) in [5, 5.41) is 0. The van der Waals surface area contributed by atoms with Crippen molar-refractivity contribution in [1.29, 1.82) is 0 Å². The second kappa shape index (κ2) is 3.02. The van der Waals surface area contributed by atoms with Crippen LogP contribution in [0.25, 0.3) is 0 Å². The lowest BCUT2D eigenvalue weighted by Gasteiger charge is -2.05. The lowest BCUT2D eigenvalue weighted by atomic mass is 10.2. The van der Waals surface area contributed by atoms with E-state index in [0.717, 1.165) is 19.6 Å². The summed E-state index contributed by atoms with van der Waals surface area (Å²) in [5.41, 5.74) is 2.58. The molecule has 0 aromatic heterocycles. The Hall–Kier alpha value is -0.120. The Morgan fingerprint density at radius 3 is 3.12 bits per heavy atom. The van der Waals surface area contributed by atoms with Crippen molar-refractivity contribution in [2.45, 2.75) is 18.9 Å². The molecule has 0 aromatic carbocycles. The van der Waals surface area contributed by atoms with E-state index >= 15 is 0 Å². The first kappa shape index (κ1) is 6.01. The number of hydrogen-bond acceptors (Lipinski definition) is 3. The number of ether oxygens (including phenoxy) is 1. The average Bonchev–Trinajstić information content (AvgIpc) is 2.19. The molecule has 0 amide bonds. The summed E-state index contributed by atoms with van der Waals surface area (Å²) in [6, 6.07) is 0. The molecule has 1 aliphatic rings. The number of nitrogens with one attached hydrogen (secondary N) is 1. The fraction of sp³-hybridized carbons (Fsp3) is 1.00. The summed E-state index contributed by atoms with van der Waals surface area (Å²) in [4.78, 5) is 0. The SMILES string of the molecule is NNC[C@H]1CCCO1. The van der Waals surface area contributed by atoms with Gasteiger partial charge in [-0.2, -0.15) is 0 Å². The molecule has 0 saturated carbocycles. The third-order valence-electron chi connectivity index (χ3n) is 1.37. The maximum Gasteiger partial charge on any atom is 0.0714 e. The second-order valence-electron chi connectivity index (χ2n) is 2.04. The zero-order valence-electron chi connectivity index (χ0n) is 4.89. The molecule has 0 aromatic rings. The smallest absolute Gasteiger partial charge is 0.0714 e. The normalized spacial score (nSPS) is 28.9. The van der Waals surface area contributed by atoms with Gasteiger partial charge in [0.25, 0.3) is 0 Å². The molecule has 0 unspecified atom stereocenters. The average molecular weight is 116 g/mol. The topological polar surface area (TPSA) is 47.3 Å². The van der Waals surface area contributed by atoms with Crippen LogP contribution in [0.3, 0.4) is 0 Å². The maximum absolute atomic E-state index is 5.25. The Morgan fingerprint density at radius 1 is 1.75 bits per heavy atom. The van der Waals surface area contributed by atoms with Gasteiger partial charge in [0.15, 0.2) is 0 Å². The fourth-order valence-corrected chi connectivity index (χ4v) is 0.937. The van der Waals surface area contributed by atoms with Gasteiger partial charge in [0, 0.05) is 13.2 Å². The molecule has 0 spiro atoms. The van der Waals surface area contributed by atoms with Crippen LogP contribution in [-0.4, -0.2) is 19.3 Å². The van der Waals surface area contributed by atoms with Crippen molar-refractivity contribution in [3.05, 3.63) is 0 Å². The standard InChI is InChI=1S/C5H12N2O/c6-7-4-5-2-1-3-8-5/h5,7H,1-4,6H2/t5-/m1/s1. The Bertz CT molecular complexity index is 61.4. The molecule has 0 aliphatic carbocycles. The van der Waals surface area contributed by atoms with Gasteiger partial charge in [-0.15, -0.1) is 0 Å². The number of hydrazine groups is 1. The van der Waals surface area contributed by atoms with Gasteiger partial charge in [0.2, 0.25) is 0 Å². The summed E-state index contributed by atoms with van der Waals surface area (Å²) in [6.45, 7) is 1.70. The molecule has 0 bridgehead atoms. The molecule has 48 valence electrons. The van der Waals surface area contributed by atoms with Gasteiger partial charge in [-0.1, -0.05) is 0 Å². The summed E-state index contributed by atoms with van der Waals surface area (Å²) in [7, 11) is 0. The summed E-state index contributed by atoms with van der Waals surface area (Å²) in [6.07, 6.45) is 2.72. The van der Waals surface area contributed by atoms with Crippen molar-refractivity contribution in [1.82, 2.24) is 5.43 Å². The quantitative estimate of drug-likeness (QED) is 0.382. The molecular weight excluding hydrogens is 104 g/mol. The largest absolute Gasteiger partial charge is 0.377 e. The van der Waals surface area contributed by atoms with Gasteiger partial charge in [-0.05, 0) is 12.8 Å². The monoisotopic (exact) mass is 116 g/mol. The van der Waals surface area contributed by atoms with E-state index in [-0.39, 0.29) is 0 Å². The molecule has 1 atom stereocenters. The molecule has 3 N–H and O–H groups in total. The van der Waals surface area contributed by atoms with Gasteiger partial charge in [-0.25, -0.2) is 0 Å². The minimum Gasteiger partial charge on any atom is -0.377 e. The van der Waals surface area contributed by atoms with E-state index in [9.17, 15) is 0 Å². The Balaban J connectivity index is 2.06. The Kier molecular flexibility index (Phi) is 2.27. The van der Waals surface area contributed by atoms with Gasteiger partial charge < -0.3 is 4.74 Å². The highest BCUT2D eigenvalue weighted by molar-refractivity contribution is 4.64. The van der Waals surface area contributed by atoms with Crippen LogP contribution >= 0.6 is 0 Å². The third kappa shape index (κ3) is 1.43. The van der Waals surface area contributed by atoms with Crippen LogP contribution in [0.4, 0.5) is 0 Å².